The zero-order valence-corrected chi connectivity index (χ0v) is 11.9. The Morgan fingerprint density at radius 2 is 2.00 bits per heavy atom. The van der Waals surface area contributed by atoms with Gasteiger partial charge in [-0.3, -0.25) is 9.59 Å². The fraction of sp³-hybridized carbons (Fsp3) is 0.294. The lowest BCUT2D eigenvalue weighted by Crippen LogP contribution is -2.27. The van der Waals surface area contributed by atoms with E-state index in [-0.39, 0.29) is 46.4 Å². The van der Waals surface area contributed by atoms with Crippen molar-refractivity contribution in [3.05, 3.63) is 35.4 Å². The van der Waals surface area contributed by atoms with Crippen LogP contribution in [0.3, 0.4) is 0 Å². The van der Waals surface area contributed by atoms with Crippen molar-refractivity contribution < 1.29 is 19.8 Å². The first kappa shape index (κ1) is 13.6. The van der Waals surface area contributed by atoms with Gasteiger partial charge in [-0.1, -0.05) is 19.1 Å². The molecule has 0 heterocycles. The highest BCUT2D eigenvalue weighted by Crippen LogP contribution is 2.45. The Bertz CT molecular complexity index is 776. The molecule has 3 rings (SSSR count). The first-order valence-corrected chi connectivity index (χ1v) is 6.93. The summed E-state index contributed by atoms with van der Waals surface area (Å²) in [5, 5.41) is 21.3. The molecule has 0 saturated heterocycles. The second kappa shape index (κ2) is 4.58. The maximum Gasteiger partial charge on any atom is 0.167 e. The molecule has 108 valence electrons. The number of carbonyl (C=O) groups excluding carboxylic acids is 2. The summed E-state index contributed by atoms with van der Waals surface area (Å²) in [6.45, 7) is 3.38. The van der Waals surface area contributed by atoms with Gasteiger partial charge in [0, 0.05) is 12.3 Å². The van der Waals surface area contributed by atoms with Gasteiger partial charge in [-0.25, -0.2) is 0 Å². The van der Waals surface area contributed by atoms with Crippen LogP contribution in [0.1, 0.15) is 42.1 Å². The Kier molecular flexibility index (Phi) is 2.97. The predicted molar refractivity (Wildman–Crippen MR) is 78.8 cm³/mol. The molecule has 1 aliphatic rings. The third-order valence-corrected chi connectivity index (χ3v) is 4.28. The molecule has 2 aromatic carbocycles. The van der Waals surface area contributed by atoms with E-state index in [1.54, 1.807) is 18.2 Å². The fourth-order valence-electron chi connectivity index (χ4n) is 3.41. The second-order valence-corrected chi connectivity index (χ2v) is 5.76. The maximum absolute atomic E-state index is 12.3. The van der Waals surface area contributed by atoms with Gasteiger partial charge < -0.3 is 10.2 Å². The van der Waals surface area contributed by atoms with Crippen molar-refractivity contribution in [2.45, 2.75) is 26.2 Å². The number of fused-ring (bicyclic) bond motifs is 2. The van der Waals surface area contributed by atoms with Crippen LogP contribution < -0.4 is 0 Å². The standard InChI is InChI=1S/C17H16O4/c1-8-6-13(20)16-11(14(8)9(2)18)7-10-4-3-5-12(19)15(10)17(16)21/h3-5,7-8,14,19,21H,6H2,1-2H3. The number of rotatable bonds is 1. The van der Waals surface area contributed by atoms with Crippen LogP contribution in [0.15, 0.2) is 24.3 Å². The SMILES string of the molecule is CC(=O)C1c2cc3cccc(O)c3c(O)c2C(=O)CC1C. The van der Waals surface area contributed by atoms with E-state index in [0.29, 0.717) is 10.9 Å². The van der Waals surface area contributed by atoms with Crippen molar-refractivity contribution >= 4 is 22.3 Å². The minimum absolute atomic E-state index is 0.0184. The zero-order valence-electron chi connectivity index (χ0n) is 11.9. The van der Waals surface area contributed by atoms with Crippen LogP contribution >= 0.6 is 0 Å². The minimum Gasteiger partial charge on any atom is -0.507 e. The van der Waals surface area contributed by atoms with E-state index in [1.807, 2.05) is 6.92 Å². The first-order chi connectivity index (χ1) is 9.91. The maximum atomic E-state index is 12.3. The van der Waals surface area contributed by atoms with Crippen molar-refractivity contribution in [3.8, 4) is 11.5 Å². The monoisotopic (exact) mass is 284 g/mol. The fourth-order valence-corrected chi connectivity index (χ4v) is 3.41. The number of hydrogen-bond donors (Lipinski definition) is 2. The highest BCUT2D eigenvalue weighted by atomic mass is 16.3. The summed E-state index contributed by atoms with van der Waals surface area (Å²) in [5.74, 6) is -0.970. The molecule has 0 radical (unpaired) electrons. The second-order valence-electron chi connectivity index (χ2n) is 5.76. The van der Waals surface area contributed by atoms with Gasteiger partial charge in [-0.15, -0.1) is 0 Å². The topological polar surface area (TPSA) is 74.6 Å². The van der Waals surface area contributed by atoms with Crippen molar-refractivity contribution in [3.63, 3.8) is 0 Å². The van der Waals surface area contributed by atoms with E-state index in [4.69, 9.17) is 0 Å². The molecule has 0 bridgehead atoms. The summed E-state index contributed by atoms with van der Waals surface area (Å²) in [6, 6.07) is 6.62. The number of phenols is 2. The lowest BCUT2D eigenvalue weighted by Gasteiger charge is -2.29. The summed E-state index contributed by atoms with van der Waals surface area (Å²) in [7, 11) is 0. The summed E-state index contributed by atoms with van der Waals surface area (Å²) >= 11 is 0. The van der Waals surface area contributed by atoms with Gasteiger partial charge >= 0.3 is 0 Å². The van der Waals surface area contributed by atoms with E-state index in [9.17, 15) is 19.8 Å². The number of hydrogen-bond acceptors (Lipinski definition) is 4. The molecule has 4 nitrogen and oxygen atoms in total. The molecule has 4 heteroatoms. The van der Waals surface area contributed by atoms with Crippen LogP contribution in [0.5, 0.6) is 11.5 Å². The average molecular weight is 284 g/mol. The third kappa shape index (κ3) is 1.90. The molecule has 2 aromatic rings. The average Bonchev–Trinajstić information content (AvgIpc) is 2.37. The Balaban J connectivity index is 2.41. The molecule has 1 aliphatic carbocycles. The molecule has 21 heavy (non-hydrogen) atoms. The summed E-state index contributed by atoms with van der Waals surface area (Å²) in [5.41, 5.74) is 0.754. The van der Waals surface area contributed by atoms with E-state index in [2.05, 4.69) is 0 Å². The van der Waals surface area contributed by atoms with Crippen LogP contribution in [0, 0.1) is 5.92 Å². The van der Waals surface area contributed by atoms with Gasteiger partial charge in [0.2, 0.25) is 0 Å². The van der Waals surface area contributed by atoms with E-state index in [1.165, 1.54) is 13.0 Å². The molecule has 0 saturated carbocycles. The van der Waals surface area contributed by atoms with E-state index in [0.717, 1.165) is 0 Å². The number of Topliss-reactive ketones (excluding diaryl/α,β-unsaturated/α-hetero) is 2. The van der Waals surface area contributed by atoms with Gasteiger partial charge in [0.15, 0.2) is 5.78 Å². The van der Waals surface area contributed by atoms with Gasteiger partial charge in [0.25, 0.3) is 0 Å². The van der Waals surface area contributed by atoms with Crippen LogP contribution in [-0.4, -0.2) is 21.8 Å². The molecule has 0 aromatic heterocycles. The van der Waals surface area contributed by atoms with Crippen LogP contribution in [0.2, 0.25) is 0 Å². The highest BCUT2D eigenvalue weighted by molar-refractivity contribution is 6.10. The van der Waals surface area contributed by atoms with E-state index < -0.39 is 5.92 Å². The molecular weight excluding hydrogens is 268 g/mol. The van der Waals surface area contributed by atoms with Gasteiger partial charge in [0.05, 0.1) is 10.9 Å². The lowest BCUT2D eigenvalue weighted by molar-refractivity contribution is -0.119. The quantitative estimate of drug-likeness (QED) is 0.843. The molecule has 0 aliphatic heterocycles. The van der Waals surface area contributed by atoms with Crippen LogP contribution in [0.4, 0.5) is 0 Å². The third-order valence-electron chi connectivity index (χ3n) is 4.28. The Hall–Kier alpha value is -2.36. The molecule has 2 unspecified atom stereocenters. The number of phenolic OH excluding ortho intramolecular Hbond substituents is 2. The van der Waals surface area contributed by atoms with Crippen LogP contribution in [0.25, 0.3) is 10.8 Å². The summed E-state index contributed by atoms with van der Waals surface area (Å²) in [4.78, 5) is 24.2. The molecule has 2 atom stereocenters. The normalized spacial score (nSPS) is 21.3. The zero-order chi connectivity index (χ0) is 15.3. The molecule has 0 amide bonds. The van der Waals surface area contributed by atoms with Gasteiger partial charge in [-0.2, -0.15) is 0 Å². The van der Waals surface area contributed by atoms with Crippen LogP contribution in [-0.2, 0) is 4.79 Å². The summed E-state index contributed by atoms with van der Waals surface area (Å²) < 4.78 is 0. The molecule has 0 spiro atoms. The number of ketones is 2. The lowest BCUT2D eigenvalue weighted by atomic mass is 9.72. The number of benzene rings is 2. The van der Waals surface area contributed by atoms with E-state index >= 15 is 0 Å². The smallest absolute Gasteiger partial charge is 0.167 e. The first-order valence-electron chi connectivity index (χ1n) is 6.93. The minimum atomic E-state index is -0.393. The summed E-state index contributed by atoms with van der Waals surface area (Å²) in [6.07, 6.45) is 0.226. The molecule has 0 fully saturated rings. The van der Waals surface area contributed by atoms with Crippen molar-refractivity contribution in [1.29, 1.82) is 0 Å². The Morgan fingerprint density at radius 3 is 2.67 bits per heavy atom. The largest absolute Gasteiger partial charge is 0.507 e. The Morgan fingerprint density at radius 1 is 1.29 bits per heavy atom. The number of aromatic hydroxyl groups is 2. The predicted octanol–water partition coefficient (Wildman–Crippen LogP) is 3.15. The Labute approximate surface area is 122 Å². The van der Waals surface area contributed by atoms with Crippen molar-refractivity contribution in [2.75, 3.05) is 0 Å². The highest BCUT2D eigenvalue weighted by Gasteiger charge is 2.36. The molecule has 2 N–H and O–H groups in total. The van der Waals surface area contributed by atoms with Crippen molar-refractivity contribution in [1.82, 2.24) is 0 Å². The van der Waals surface area contributed by atoms with Gasteiger partial charge in [-0.05, 0) is 35.9 Å². The molecular formula is C17H16O4. The number of carbonyl (C=O) groups is 2. The van der Waals surface area contributed by atoms with Crippen molar-refractivity contribution in [2.24, 2.45) is 5.92 Å². The van der Waals surface area contributed by atoms with Gasteiger partial charge in [0.1, 0.15) is 17.3 Å².